The van der Waals surface area contributed by atoms with E-state index in [9.17, 15) is 30.8 Å². The van der Waals surface area contributed by atoms with Gasteiger partial charge in [-0.05, 0) is 5.56 Å². The van der Waals surface area contributed by atoms with Crippen LogP contribution in [0, 0.1) is 0 Å². The molecule has 0 N–H and O–H groups in total. The van der Waals surface area contributed by atoms with Crippen LogP contribution >= 0.6 is 0 Å². The second-order valence-electron chi connectivity index (χ2n) is 3.43. The molecule has 0 spiro atoms. The molecule has 0 aliphatic carbocycles. The topological polar surface area (TPSA) is 61.1 Å². The highest BCUT2D eigenvalue weighted by Crippen LogP contribution is 2.20. The van der Waals surface area contributed by atoms with Crippen molar-refractivity contribution in [2.24, 2.45) is 0 Å². The molecule has 0 amide bonds. The zero-order valence-electron chi connectivity index (χ0n) is 10.0. The SMILES string of the molecule is FCc1cc(CF)[n+](F)c(CF)c1.O=S(=O)([O-])C(F)(F)F. The Morgan fingerprint density at radius 2 is 1.33 bits per heavy atom. The van der Waals surface area contributed by atoms with E-state index in [0.717, 1.165) is 12.1 Å². The van der Waals surface area contributed by atoms with Gasteiger partial charge in [-0.1, -0.05) is 0 Å². The molecule has 0 radical (unpaired) electrons. The molecule has 12 heteroatoms. The summed E-state index contributed by atoms with van der Waals surface area (Å²) in [7, 11) is -6.09. The summed E-state index contributed by atoms with van der Waals surface area (Å²) in [5.74, 6) is 0. The van der Waals surface area contributed by atoms with Gasteiger partial charge in [0, 0.05) is 16.9 Å². The number of halogens is 7. The summed E-state index contributed by atoms with van der Waals surface area (Å²) in [6.07, 6.45) is 0. The van der Waals surface area contributed by atoms with Crippen LogP contribution in [0.1, 0.15) is 17.0 Å². The van der Waals surface area contributed by atoms with Crippen molar-refractivity contribution in [3.8, 4) is 0 Å². The van der Waals surface area contributed by atoms with E-state index in [0.29, 0.717) is 0 Å². The lowest BCUT2D eigenvalue weighted by molar-refractivity contribution is -0.856. The van der Waals surface area contributed by atoms with Crippen molar-refractivity contribution in [3.05, 3.63) is 29.1 Å². The standard InChI is InChI=1S/C8H8F4N.CHF3O3S/c9-3-6-1-7(4-10)13(12)8(2-6)5-11;2-1(3,4)8(5,6)7/h1-2H,3-5H2;(H,5,6,7)/q+1;/p-1. The van der Waals surface area contributed by atoms with Gasteiger partial charge in [0.25, 0.3) is 11.4 Å². The van der Waals surface area contributed by atoms with E-state index in [1.54, 1.807) is 0 Å². The lowest BCUT2D eigenvalue weighted by Crippen LogP contribution is -2.33. The van der Waals surface area contributed by atoms with Crippen LogP contribution in [0.2, 0.25) is 0 Å². The summed E-state index contributed by atoms with van der Waals surface area (Å²) >= 11 is 0. The number of hydrogen-bond donors (Lipinski definition) is 0. The van der Waals surface area contributed by atoms with Crippen LogP contribution in [-0.4, -0.2) is 18.5 Å². The second-order valence-corrected chi connectivity index (χ2v) is 4.80. The summed E-state index contributed by atoms with van der Waals surface area (Å²) in [6.45, 7) is -3.03. The molecule has 0 saturated carbocycles. The van der Waals surface area contributed by atoms with Gasteiger partial charge in [0.05, 0.1) is 4.48 Å². The molecule has 122 valence electrons. The Labute approximate surface area is 114 Å². The Morgan fingerprint density at radius 1 is 1.00 bits per heavy atom. The largest absolute Gasteiger partial charge is 0.741 e. The Balaban J connectivity index is 0.000000433. The molecule has 4 nitrogen and oxygen atoms in total. The lowest BCUT2D eigenvalue weighted by Gasteiger charge is -2.08. The first-order chi connectivity index (χ1) is 9.47. The van der Waals surface area contributed by atoms with E-state index >= 15 is 0 Å². The Kier molecular flexibility index (Phi) is 7.03. The van der Waals surface area contributed by atoms with E-state index < -0.39 is 35.7 Å². The molecule has 0 aliphatic heterocycles. The van der Waals surface area contributed by atoms with Gasteiger partial charge in [-0.3, -0.25) is 0 Å². The van der Waals surface area contributed by atoms with Crippen LogP contribution in [0.5, 0.6) is 0 Å². The fraction of sp³-hybridized carbons (Fsp3) is 0.444. The molecule has 1 aromatic heterocycles. The minimum atomic E-state index is -6.09. The van der Waals surface area contributed by atoms with Crippen LogP contribution in [0.25, 0.3) is 0 Å². The van der Waals surface area contributed by atoms with Crippen molar-refractivity contribution < 1.29 is 48.6 Å². The predicted molar refractivity (Wildman–Crippen MR) is 53.3 cm³/mol. The van der Waals surface area contributed by atoms with Gasteiger partial charge in [0.2, 0.25) is 0 Å². The first-order valence-corrected chi connectivity index (χ1v) is 6.31. The van der Waals surface area contributed by atoms with Crippen molar-refractivity contribution in [2.75, 3.05) is 0 Å². The zero-order chi connectivity index (χ0) is 16.8. The third kappa shape index (κ3) is 5.83. The van der Waals surface area contributed by atoms with Crippen LogP contribution < -0.4 is 4.79 Å². The van der Waals surface area contributed by atoms with E-state index in [2.05, 4.69) is 0 Å². The Bertz CT molecular complexity index is 548. The highest BCUT2D eigenvalue weighted by molar-refractivity contribution is 7.86. The lowest BCUT2D eigenvalue weighted by atomic mass is 10.2. The molecule has 0 aromatic carbocycles. The average Bonchev–Trinajstić information content (AvgIpc) is 2.37. The molecule has 1 heterocycles. The van der Waals surface area contributed by atoms with Gasteiger partial charge >= 0.3 is 5.51 Å². The zero-order valence-corrected chi connectivity index (χ0v) is 10.8. The predicted octanol–water partition coefficient (Wildman–Crippen LogP) is 2.17. The second kappa shape index (κ2) is 7.54. The maximum Gasteiger partial charge on any atom is 0.485 e. The molecule has 0 atom stereocenters. The number of hydrogen-bond acceptors (Lipinski definition) is 3. The van der Waals surface area contributed by atoms with Crippen LogP contribution in [0.4, 0.5) is 30.8 Å². The molecule has 21 heavy (non-hydrogen) atoms. The van der Waals surface area contributed by atoms with E-state index in [1.165, 1.54) is 0 Å². The summed E-state index contributed by atoms with van der Waals surface area (Å²) in [6, 6.07) is 2.05. The summed E-state index contributed by atoms with van der Waals surface area (Å²) in [4.78, 5) is -0.0981. The number of nitrogens with zero attached hydrogens (tertiary/aromatic N) is 1. The highest BCUT2D eigenvalue weighted by Gasteiger charge is 2.36. The van der Waals surface area contributed by atoms with Crippen LogP contribution in [-0.2, 0) is 30.1 Å². The van der Waals surface area contributed by atoms with Crippen LogP contribution in [0.3, 0.4) is 0 Å². The Morgan fingerprint density at radius 3 is 1.52 bits per heavy atom. The molecule has 0 unspecified atom stereocenters. The minimum absolute atomic E-state index is 0.0780. The summed E-state index contributed by atoms with van der Waals surface area (Å²) in [5, 5.41) is 0. The van der Waals surface area contributed by atoms with Crippen molar-refractivity contribution >= 4 is 10.1 Å². The van der Waals surface area contributed by atoms with Gasteiger partial charge < -0.3 is 4.55 Å². The molecule has 0 bridgehead atoms. The molecule has 1 rings (SSSR count). The third-order valence-electron chi connectivity index (χ3n) is 1.92. The van der Waals surface area contributed by atoms with Gasteiger partial charge in [0.15, 0.2) is 23.5 Å². The van der Waals surface area contributed by atoms with E-state index in [1.807, 2.05) is 0 Å². The van der Waals surface area contributed by atoms with Crippen molar-refractivity contribution in [3.63, 3.8) is 0 Å². The van der Waals surface area contributed by atoms with Crippen molar-refractivity contribution in [1.82, 2.24) is 0 Å². The Hall–Kier alpha value is -1.43. The van der Waals surface area contributed by atoms with Crippen molar-refractivity contribution in [2.45, 2.75) is 25.5 Å². The fourth-order valence-electron chi connectivity index (χ4n) is 1.03. The number of aromatic nitrogens is 1. The molecule has 0 fully saturated rings. The molecule has 0 aliphatic rings. The maximum absolute atomic E-state index is 12.9. The third-order valence-corrected chi connectivity index (χ3v) is 2.49. The smallest absolute Gasteiger partial charge is 0.485 e. The fourth-order valence-corrected chi connectivity index (χ4v) is 1.03. The first-order valence-electron chi connectivity index (χ1n) is 4.90. The van der Waals surface area contributed by atoms with Gasteiger partial charge in [-0.15, -0.1) is 0 Å². The van der Waals surface area contributed by atoms with E-state index in [4.69, 9.17) is 13.0 Å². The number of pyridine rings is 1. The maximum atomic E-state index is 12.9. The van der Waals surface area contributed by atoms with Gasteiger partial charge in [0.1, 0.15) is 6.67 Å². The first kappa shape index (κ1) is 19.6. The monoisotopic (exact) mass is 343 g/mol. The molecule has 1 aromatic rings. The normalized spacial score (nSPS) is 11.8. The minimum Gasteiger partial charge on any atom is -0.741 e. The summed E-state index contributed by atoms with van der Waals surface area (Å²) < 4.78 is 108. The van der Waals surface area contributed by atoms with E-state index in [-0.39, 0.29) is 21.7 Å². The quantitative estimate of drug-likeness (QED) is 0.480. The summed E-state index contributed by atoms with van der Waals surface area (Å²) in [5.41, 5.74) is -6.31. The number of alkyl halides is 6. The van der Waals surface area contributed by atoms with Gasteiger partial charge in [-0.2, -0.15) is 13.2 Å². The highest BCUT2D eigenvalue weighted by atomic mass is 32.2. The average molecular weight is 343 g/mol. The molecule has 0 saturated heterocycles. The number of rotatable bonds is 3. The van der Waals surface area contributed by atoms with Gasteiger partial charge in [-0.25, -0.2) is 21.6 Å². The molecular weight excluding hydrogens is 335 g/mol. The molecular formula is C9H8F7NO3S. The van der Waals surface area contributed by atoms with Crippen LogP contribution in [0.15, 0.2) is 12.1 Å². The van der Waals surface area contributed by atoms with Crippen molar-refractivity contribution in [1.29, 1.82) is 0 Å².